The van der Waals surface area contributed by atoms with E-state index in [9.17, 15) is 0 Å². The molecule has 0 saturated heterocycles. The summed E-state index contributed by atoms with van der Waals surface area (Å²) in [4.78, 5) is 28.5. The van der Waals surface area contributed by atoms with Crippen LogP contribution in [-0.2, 0) is 0 Å². The molecular weight excluding hydrogens is 444 g/mol. The highest BCUT2D eigenvalue weighted by Crippen LogP contribution is 2.32. The predicted molar refractivity (Wildman–Crippen MR) is 143 cm³/mol. The second-order valence-electron chi connectivity index (χ2n) is 8.54. The number of fused-ring (bicyclic) bond motifs is 4. The maximum Gasteiger partial charge on any atom is 0.100 e. The third kappa shape index (κ3) is 3.44. The molecule has 0 spiro atoms. The Kier molecular flexibility index (Phi) is 4.67. The van der Waals surface area contributed by atoms with Crippen molar-refractivity contribution >= 4 is 44.3 Å². The lowest BCUT2D eigenvalue weighted by Gasteiger charge is -2.17. The van der Waals surface area contributed by atoms with E-state index in [2.05, 4.69) is 46.4 Å². The van der Waals surface area contributed by atoms with Crippen LogP contribution in [0.15, 0.2) is 120 Å². The van der Waals surface area contributed by atoms with Gasteiger partial charge in [-0.2, -0.15) is 0 Å². The van der Waals surface area contributed by atoms with Gasteiger partial charge in [-0.25, -0.2) is 9.98 Å². The van der Waals surface area contributed by atoms with Crippen molar-refractivity contribution in [1.29, 1.82) is 0 Å². The van der Waals surface area contributed by atoms with E-state index in [1.165, 1.54) is 0 Å². The van der Waals surface area contributed by atoms with Crippen molar-refractivity contribution < 1.29 is 0 Å². The molecule has 6 heteroatoms. The highest BCUT2D eigenvalue weighted by atomic mass is 14.9. The second kappa shape index (κ2) is 8.29. The van der Waals surface area contributed by atoms with E-state index in [1.807, 2.05) is 48.8 Å². The number of hydrogen-bond donors (Lipinski definition) is 0. The third-order valence-electron chi connectivity index (χ3n) is 6.32. The maximum atomic E-state index is 5.12. The van der Waals surface area contributed by atoms with Crippen LogP contribution in [0.4, 0.5) is 11.4 Å². The van der Waals surface area contributed by atoms with Crippen LogP contribution in [0.5, 0.6) is 0 Å². The predicted octanol–water partition coefficient (Wildman–Crippen LogP) is 6.22. The second-order valence-corrected chi connectivity index (χ2v) is 8.54. The summed E-state index contributed by atoms with van der Waals surface area (Å²) >= 11 is 0. The molecule has 6 nitrogen and oxygen atoms in total. The molecule has 0 N–H and O–H groups in total. The molecule has 2 aromatic carbocycles. The zero-order chi connectivity index (χ0) is 23.9. The maximum absolute atomic E-state index is 5.12. The average Bonchev–Trinajstić information content (AvgIpc) is 2.94. The average molecular weight is 463 g/mol. The number of aromatic nitrogens is 4. The fraction of sp³-hybridized carbons (Fsp3) is 0. The van der Waals surface area contributed by atoms with Crippen molar-refractivity contribution in [2.45, 2.75) is 0 Å². The van der Waals surface area contributed by atoms with Crippen LogP contribution in [0.25, 0.3) is 21.5 Å². The molecule has 36 heavy (non-hydrogen) atoms. The lowest BCUT2D eigenvalue weighted by molar-refractivity contribution is 1.23. The number of hydrogen-bond acceptors (Lipinski definition) is 6. The lowest BCUT2D eigenvalue weighted by Crippen LogP contribution is -2.12. The number of benzene rings is 2. The first-order valence-corrected chi connectivity index (χ1v) is 11.6. The van der Waals surface area contributed by atoms with Crippen LogP contribution in [0.2, 0.25) is 0 Å². The van der Waals surface area contributed by atoms with E-state index in [-0.39, 0.29) is 0 Å². The van der Waals surface area contributed by atoms with E-state index in [1.54, 1.807) is 24.8 Å². The summed E-state index contributed by atoms with van der Waals surface area (Å²) in [7, 11) is 0. The van der Waals surface area contributed by atoms with Gasteiger partial charge in [0.25, 0.3) is 0 Å². The van der Waals surface area contributed by atoms with Gasteiger partial charge in [0.1, 0.15) is 11.4 Å². The summed E-state index contributed by atoms with van der Waals surface area (Å²) in [6.07, 6.45) is 10.8. The monoisotopic (exact) mass is 462 g/mol. The van der Waals surface area contributed by atoms with Crippen molar-refractivity contribution in [3.8, 4) is 0 Å². The van der Waals surface area contributed by atoms with Crippen LogP contribution < -0.4 is 0 Å². The quantitative estimate of drug-likeness (QED) is 0.305. The van der Waals surface area contributed by atoms with Crippen LogP contribution in [0.1, 0.15) is 22.5 Å². The van der Waals surface area contributed by atoms with Crippen molar-refractivity contribution in [2.75, 3.05) is 0 Å². The summed E-state index contributed by atoms with van der Waals surface area (Å²) in [5, 5.41) is 4.34. The molecule has 7 rings (SSSR count). The zero-order valence-electron chi connectivity index (χ0n) is 19.1. The van der Waals surface area contributed by atoms with Crippen molar-refractivity contribution in [1.82, 2.24) is 19.9 Å². The Morgan fingerprint density at radius 1 is 0.444 bits per heavy atom. The van der Waals surface area contributed by atoms with Gasteiger partial charge in [0.15, 0.2) is 0 Å². The Labute approximate surface area is 206 Å². The van der Waals surface area contributed by atoms with Crippen molar-refractivity contribution in [2.24, 2.45) is 9.98 Å². The molecular formula is C30H18N6. The normalized spacial score (nSPS) is 12.8. The van der Waals surface area contributed by atoms with E-state index >= 15 is 0 Å². The van der Waals surface area contributed by atoms with Gasteiger partial charge >= 0.3 is 0 Å². The Morgan fingerprint density at radius 3 is 1.36 bits per heavy atom. The van der Waals surface area contributed by atoms with Gasteiger partial charge in [-0.1, -0.05) is 48.5 Å². The number of nitrogens with zero attached hydrogens (tertiary/aromatic N) is 6. The Morgan fingerprint density at radius 2 is 0.889 bits per heavy atom. The van der Waals surface area contributed by atoms with Gasteiger partial charge in [-0.05, 0) is 35.0 Å². The highest BCUT2D eigenvalue weighted by Gasteiger charge is 2.22. The molecule has 0 amide bonds. The molecule has 0 aliphatic carbocycles. The summed E-state index contributed by atoms with van der Waals surface area (Å²) in [5.41, 5.74) is 6.05. The van der Waals surface area contributed by atoms with Crippen LogP contribution in [0.3, 0.4) is 0 Å². The minimum absolute atomic E-state index is 0.713. The summed E-state index contributed by atoms with van der Waals surface area (Å²) in [6.45, 7) is 0. The first-order chi connectivity index (χ1) is 17.8. The summed E-state index contributed by atoms with van der Waals surface area (Å²) < 4.78 is 0. The SMILES string of the molecule is c1ccc2cc(C3=Nc4ccncc4C(c4cc5ccccc5cn4)=Nc4ccncc43)ncc2c1. The Bertz CT molecular complexity index is 1720. The van der Waals surface area contributed by atoms with Gasteiger partial charge in [0, 0.05) is 59.1 Å². The van der Waals surface area contributed by atoms with Crippen LogP contribution >= 0.6 is 0 Å². The Balaban J connectivity index is 1.48. The molecule has 0 unspecified atom stereocenters. The molecule has 5 heterocycles. The standard InChI is InChI=1S/C30H18N6/c1-3-7-21-15-33-27(13-19(21)5-1)29-23-17-31-11-9-25(23)36-30(24-18-32-12-10-26(24)35-29)28-14-20-6-2-4-8-22(20)16-34-28/h1-18H. The van der Waals surface area contributed by atoms with Gasteiger partial charge in [0.05, 0.1) is 22.8 Å². The molecule has 0 saturated carbocycles. The molecule has 4 aromatic heterocycles. The Hall–Kier alpha value is -5.10. The van der Waals surface area contributed by atoms with Gasteiger partial charge in [-0.3, -0.25) is 19.9 Å². The zero-order valence-corrected chi connectivity index (χ0v) is 19.1. The first-order valence-electron chi connectivity index (χ1n) is 11.6. The smallest absolute Gasteiger partial charge is 0.100 e. The lowest BCUT2D eigenvalue weighted by atomic mass is 10.0. The van der Waals surface area contributed by atoms with Gasteiger partial charge in [0.2, 0.25) is 0 Å². The molecule has 1 aliphatic rings. The highest BCUT2D eigenvalue weighted by molar-refractivity contribution is 6.22. The molecule has 0 atom stereocenters. The summed E-state index contributed by atoms with van der Waals surface area (Å²) in [6, 6.07) is 24.2. The number of pyridine rings is 4. The number of aliphatic imine (C=N–C) groups is 2. The molecule has 0 radical (unpaired) electrons. The van der Waals surface area contributed by atoms with Crippen LogP contribution in [-0.4, -0.2) is 31.4 Å². The van der Waals surface area contributed by atoms with Crippen molar-refractivity contribution in [3.63, 3.8) is 0 Å². The minimum Gasteiger partial charge on any atom is -0.264 e. The van der Waals surface area contributed by atoms with Gasteiger partial charge < -0.3 is 0 Å². The number of rotatable bonds is 2. The van der Waals surface area contributed by atoms with Gasteiger partial charge in [-0.15, -0.1) is 0 Å². The van der Waals surface area contributed by atoms with Crippen molar-refractivity contribution in [3.05, 3.63) is 132 Å². The topological polar surface area (TPSA) is 76.3 Å². The summed E-state index contributed by atoms with van der Waals surface area (Å²) in [5.74, 6) is 0. The molecule has 0 bridgehead atoms. The molecule has 168 valence electrons. The fourth-order valence-electron chi connectivity index (χ4n) is 4.51. The third-order valence-corrected chi connectivity index (χ3v) is 6.32. The fourth-order valence-corrected chi connectivity index (χ4v) is 4.51. The van der Waals surface area contributed by atoms with E-state index in [0.717, 1.165) is 55.4 Å². The minimum atomic E-state index is 0.713. The van der Waals surface area contributed by atoms with E-state index in [4.69, 9.17) is 20.0 Å². The van der Waals surface area contributed by atoms with Crippen LogP contribution in [0, 0.1) is 0 Å². The molecule has 1 aliphatic heterocycles. The largest absolute Gasteiger partial charge is 0.264 e. The molecule has 6 aromatic rings. The molecule has 0 fully saturated rings. The van der Waals surface area contributed by atoms with E-state index < -0.39 is 0 Å². The first kappa shape index (κ1) is 20.3. The van der Waals surface area contributed by atoms with E-state index in [0.29, 0.717) is 11.4 Å².